The van der Waals surface area contributed by atoms with Crippen molar-refractivity contribution in [2.24, 2.45) is 0 Å². The van der Waals surface area contributed by atoms with Crippen molar-refractivity contribution in [2.45, 2.75) is 11.8 Å². The van der Waals surface area contributed by atoms with Gasteiger partial charge < -0.3 is 0 Å². The normalized spacial score (nSPS) is 12.9. The van der Waals surface area contributed by atoms with Gasteiger partial charge in [-0.05, 0) is 11.1 Å². The van der Waals surface area contributed by atoms with Crippen LogP contribution in [0.3, 0.4) is 0 Å². The van der Waals surface area contributed by atoms with Gasteiger partial charge in [-0.2, -0.15) is 10.5 Å². The van der Waals surface area contributed by atoms with E-state index in [-0.39, 0.29) is 11.8 Å². The maximum atomic E-state index is 9.00. The largest absolute Gasteiger partial charge is 0.197 e. The van der Waals surface area contributed by atoms with Gasteiger partial charge in [0.2, 0.25) is 0 Å². The standard InChI is InChI=1S/C14H12N2/c1-3-11(9-15)13-7-5-6-8-14(13)12(4-2)10-16/h3-8,11-12H,1-2H2. The second-order valence-electron chi connectivity index (χ2n) is 3.31. The molecule has 2 atom stereocenters. The Kier molecular flexibility index (Phi) is 4.07. The third-order valence-electron chi connectivity index (χ3n) is 2.42. The van der Waals surface area contributed by atoms with Crippen LogP contribution in [0, 0.1) is 22.7 Å². The first-order valence-corrected chi connectivity index (χ1v) is 4.91. The molecule has 0 aliphatic rings. The van der Waals surface area contributed by atoms with Gasteiger partial charge in [-0.3, -0.25) is 0 Å². The van der Waals surface area contributed by atoms with Gasteiger partial charge in [0, 0.05) is 0 Å². The van der Waals surface area contributed by atoms with Crippen LogP contribution in [0.2, 0.25) is 0 Å². The summed E-state index contributed by atoms with van der Waals surface area (Å²) in [5.74, 6) is -0.765. The third kappa shape index (κ3) is 2.19. The molecule has 0 aliphatic carbocycles. The van der Waals surface area contributed by atoms with Gasteiger partial charge in [-0.1, -0.05) is 36.4 Å². The molecule has 1 rings (SSSR count). The molecule has 0 amide bonds. The molecular weight excluding hydrogens is 196 g/mol. The van der Waals surface area contributed by atoms with E-state index in [1.54, 1.807) is 12.2 Å². The Morgan fingerprint density at radius 2 is 1.31 bits per heavy atom. The highest BCUT2D eigenvalue weighted by Gasteiger charge is 2.15. The molecule has 2 heteroatoms. The van der Waals surface area contributed by atoms with Crippen LogP contribution in [0.1, 0.15) is 23.0 Å². The first kappa shape index (κ1) is 11.8. The lowest BCUT2D eigenvalue weighted by Crippen LogP contribution is -2.01. The van der Waals surface area contributed by atoms with E-state index in [9.17, 15) is 0 Å². The minimum atomic E-state index is -0.382. The van der Waals surface area contributed by atoms with Crippen LogP contribution in [0.5, 0.6) is 0 Å². The fraction of sp³-hybridized carbons (Fsp3) is 0.143. The predicted molar refractivity (Wildman–Crippen MR) is 63.5 cm³/mol. The zero-order valence-corrected chi connectivity index (χ0v) is 8.93. The van der Waals surface area contributed by atoms with Crippen molar-refractivity contribution in [1.82, 2.24) is 0 Å². The number of allylic oxidation sites excluding steroid dienone is 2. The van der Waals surface area contributed by atoms with Crippen LogP contribution in [0.25, 0.3) is 0 Å². The highest BCUT2D eigenvalue weighted by molar-refractivity contribution is 5.42. The lowest BCUT2D eigenvalue weighted by molar-refractivity contribution is 0.998. The van der Waals surface area contributed by atoms with Gasteiger partial charge in [-0.15, -0.1) is 13.2 Å². The van der Waals surface area contributed by atoms with Crippen molar-refractivity contribution in [1.29, 1.82) is 10.5 Å². The lowest BCUT2D eigenvalue weighted by Gasteiger charge is -2.13. The summed E-state index contributed by atoms with van der Waals surface area (Å²) in [6.45, 7) is 7.26. The summed E-state index contributed by atoms with van der Waals surface area (Å²) >= 11 is 0. The average Bonchev–Trinajstić information content (AvgIpc) is 2.34. The molecule has 0 fully saturated rings. The van der Waals surface area contributed by atoms with Crippen LogP contribution in [0.15, 0.2) is 49.6 Å². The van der Waals surface area contributed by atoms with Crippen molar-refractivity contribution < 1.29 is 0 Å². The van der Waals surface area contributed by atoms with Gasteiger partial charge in [0.15, 0.2) is 0 Å². The minimum Gasteiger partial charge on any atom is -0.197 e. The van der Waals surface area contributed by atoms with E-state index < -0.39 is 0 Å². The predicted octanol–water partition coefficient (Wildman–Crippen LogP) is 3.27. The van der Waals surface area contributed by atoms with E-state index in [0.717, 1.165) is 11.1 Å². The van der Waals surface area contributed by atoms with Crippen LogP contribution >= 0.6 is 0 Å². The van der Waals surface area contributed by atoms with E-state index in [4.69, 9.17) is 10.5 Å². The van der Waals surface area contributed by atoms with E-state index in [2.05, 4.69) is 25.3 Å². The van der Waals surface area contributed by atoms with E-state index in [1.807, 2.05) is 24.3 Å². The fourth-order valence-corrected chi connectivity index (χ4v) is 1.58. The number of hydrogen-bond acceptors (Lipinski definition) is 2. The fourth-order valence-electron chi connectivity index (χ4n) is 1.58. The molecule has 0 aliphatic heterocycles. The van der Waals surface area contributed by atoms with E-state index in [0.29, 0.717) is 0 Å². The van der Waals surface area contributed by atoms with Crippen LogP contribution in [-0.2, 0) is 0 Å². The van der Waals surface area contributed by atoms with Crippen LogP contribution in [0.4, 0.5) is 0 Å². The van der Waals surface area contributed by atoms with Crippen molar-refractivity contribution in [2.75, 3.05) is 0 Å². The first-order valence-electron chi connectivity index (χ1n) is 4.91. The summed E-state index contributed by atoms with van der Waals surface area (Å²) in [6, 6.07) is 11.7. The Balaban J connectivity index is 3.31. The second kappa shape index (κ2) is 5.53. The molecule has 0 spiro atoms. The molecule has 2 unspecified atom stereocenters. The third-order valence-corrected chi connectivity index (χ3v) is 2.42. The number of benzene rings is 1. The molecule has 0 saturated carbocycles. The molecule has 0 saturated heterocycles. The Hall–Kier alpha value is -2.32. The minimum absolute atomic E-state index is 0.382. The Morgan fingerprint density at radius 1 is 0.938 bits per heavy atom. The van der Waals surface area contributed by atoms with Crippen LogP contribution in [-0.4, -0.2) is 0 Å². The number of rotatable bonds is 4. The topological polar surface area (TPSA) is 47.6 Å². The van der Waals surface area contributed by atoms with E-state index >= 15 is 0 Å². The quantitative estimate of drug-likeness (QED) is 0.713. The summed E-state index contributed by atoms with van der Waals surface area (Å²) in [5, 5.41) is 18.0. The zero-order chi connectivity index (χ0) is 12.0. The molecule has 0 bridgehead atoms. The van der Waals surface area contributed by atoms with Gasteiger partial charge >= 0.3 is 0 Å². The Morgan fingerprint density at radius 3 is 1.56 bits per heavy atom. The highest BCUT2D eigenvalue weighted by Crippen LogP contribution is 2.27. The van der Waals surface area contributed by atoms with Crippen molar-refractivity contribution >= 4 is 0 Å². The summed E-state index contributed by atoms with van der Waals surface area (Å²) in [5.41, 5.74) is 1.65. The molecule has 1 aromatic carbocycles. The summed E-state index contributed by atoms with van der Waals surface area (Å²) < 4.78 is 0. The molecule has 0 N–H and O–H groups in total. The molecular formula is C14H12N2. The van der Waals surface area contributed by atoms with Crippen molar-refractivity contribution in [3.8, 4) is 12.1 Å². The maximum Gasteiger partial charge on any atom is 0.0894 e. The number of nitriles is 2. The number of nitrogens with zero attached hydrogens (tertiary/aromatic N) is 2. The lowest BCUT2D eigenvalue weighted by atomic mass is 9.88. The van der Waals surface area contributed by atoms with Crippen molar-refractivity contribution in [3.63, 3.8) is 0 Å². The zero-order valence-electron chi connectivity index (χ0n) is 8.93. The van der Waals surface area contributed by atoms with Gasteiger partial charge in [0.25, 0.3) is 0 Å². The van der Waals surface area contributed by atoms with Crippen molar-refractivity contribution in [3.05, 3.63) is 60.7 Å². The summed E-state index contributed by atoms with van der Waals surface area (Å²) in [6.07, 6.45) is 3.16. The van der Waals surface area contributed by atoms with Gasteiger partial charge in [0.1, 0.15) is 0 Å². The molecule has 2 nitrogen and oxygen atoms in total. The molecule has 0 heterocycles. The van der Waals surface area contributed by atoms with E-state index in [1.165, 1.54) is 0 Å². The Bertz CT molecular complexity index is 429. The Labute approximate surface area is 95.8 Å². The maximum absolute atomic E-state index is 9.00. The molecule has 1 aromatic rings. The average molecular weight is 208 g/mol. The summed E-state index contributed by atoms with van der Waals surface area (Å²) in [7, 11) is 0. The molecule has 16 heavy (non-hydrogen) atoms. The van der Waals surface area contributed by atoms with Crippen LogP contribution < -0.4 is 0 Å². The SMILES string of the molecule is C=CC(C#N)c1ccccc1C(C#N)C=C. The first-order chi connectivity index (χ1) is 7.78. The number of hydrogen-bond donors (Lipinski definition) is 0. The highest BCUT2D eigenvalue weighted by atomic mass is 14.3. The molecule has 0 aromatic heterocycles. The van der Waals surface area contributed by atoms with Gasteiger partial charge in [0.05, 0.1) is 24.0 Å². The molecule has 0 radical (unpaired) electrons. The van der Waals surface area contributed by atoms with Gasteiger partial charge in [-0.25, -0.2) is 0 Å². The summed E-state index contributed by atoms with van der Waals surface area (Å²) in [4.78, 5) is 0. The smallest absolute Gasteiger partial charge is 0.0894 e. The molecule has 78 valence electrons. The second-order valence-corrected chi connectivity index (χ2v) is 3.31. The monoisotopic (exact) mass is 208 g/mol.